The first-order valence-electron chi connectivity index (χ1n) is 4.01. The van der Waals surface area contributed by atoms with Gasteiger partial charge in [-0.1, -0.05) is 0 Å². The van der Waals surface area contributed by atoms with E-state index < -0.39 is 11.8 Å². The van der Waals surface area contributed by atoms with Crippen LogP contribution in [0.5, 0.6) is 0 Å². The molecule has 0 atom stereocenters. The minimum Gasteiger partial charge on any atom is -0.481 e. The van der Waals surface area contributed by atoms with Crippen LogP contribution in [0.3, 0.4) is 0 Å². The molecule has 0 bridgehead atoms. The van der Waals surface area contributed by atoms with Gasteiger partial charge in [0.2, 0.25) is 0 Å². The second-order valence-electron chi connectivity index (χ2n) is 2.89. The van der Waals surface area contributed by atoms with E-state index in [4.69, 9.17) is 5.11 Å². The summed E-state index contributed by atoms with van der Waals surface area (Å²) in [5.41, 5.74) is 0.506. The molecule has 1 N–H and O–H groups in total. The molecule has 0 aliphatic carbocycles. The molecule has 0 unspecified atom stereocenters. The minimum atomic E-state index is -0.978. The Kier molecular flexibility index (Phi) is 1.92. The number of hydrogen-bond acceptors (Lipinski definition) is 2. The van der Waals surface area contributed by atoms with Gasteiger partial charge in [-0.25, -0.2) is 9.37 Å². The SMILES string of the molecule is O=C(O)Cc1cn2cccc(F)c2n1. The number of nitrogens with zero attached hydrogens (tertiary/aromatic N) is 2. The molecule has 72 valence electrons. The van der Waals surface area contributed by atoms with E-state index in [0.29, 0.717) is 5.69 Å². The summed E-state index contributed by atoms with van der Waals surface area (Å²) < 4.78 is 14.6. The van der Waals surface area contributed by atoms with E-state index in [1.807, 2.05) is 0 Å². The summed E-state index contributed by atoms with van der Waals surface area (Å²) in [6.07, 6.45) is 2.93. The first kappa shape index (κ1) is 8.68. The number of imidazole rings is 1. The zero-order chi connectivity index (χ0) is 10.1. The minimum absolute atomic E-state index is 0.156. The maximum absolute atomic E-state index is 13.1. The van der Waals surface area contributed by atoms with E-state index >= 15 is 0 Å². The van der Waals surface area contributed by atoms with Crippen molar-refractivity contribution in [2.24, 2.45) is 0 Å². The van der Waals surface area contributed by atoms with Crippen LogP contribution in [0.1, 0.15) is 5.69 Å². The number of hydrogen-bond donors (Lipinski definition) is 1. The summed E-state index contributed by atoms with van der Waals surface area (Å²) in [6, 6.07) is 2.82. The van der Waals surface area contributed by atoms with E-state index in [2.05, 4.69) is 4.98 Å². The van der Waals surface area contributed by atoms with Crippen LogP contribution in [-0.2, 0) is 11.2 Å². The van der Waals surface area contributed by atoms with Crippen LogP contribution >= 0.6 is 0 Å². The van der Waals surface area contributed by atoms with E-state index in [-0.39, 0.29) is 12.1 Å². The number of fused-ring (bicyclic) bond motifs is 1. The van der Waals surface area contributed by atoms with Gasteiger partial charge in [0.15, 0.2) is 11.5 Å². The van der Waals surface area contributed by atoms with Crippen LogP contribution in [0.25, 0.3) is 5.65 Å². The molecule has 2 aromatic rings. The number of rotatable bonds is 2. The highest BCUT2D eigenvalue weighted by Crippen LogP contribution is 2.09. The van der Waals surface area contributed by atoms with Gasteiger partial charge in [-0.3, -0.25) is 4.79 Å². The predicted octanol–water partition coefficient (Wildman–Crippen LogP) is 1.10. The Morgan fingerprint density at radius 3 is 3.07 bits per heavy atom. The summed E-state index contributed by atoms with van der Waals surface area (Å²) >= 11 is 0. The first-order chi connectivity index (χ1) is 6.66. The number of carboxylic acids is 1. The van der Waals surface area contributed by atoms with Crippen molar-refractivity contribution in [2.75, 3.05) is 0 Å². The Morgan fingerprint density at radius 2 is 2.43 bits per heavy atom. The lowest BCUT2D eigenvalue weighted by molar-refractivity contribution is -0.136. The summed E-state index contributed by atoms with van der Waals surface area (Å²) in [6.45, 7) is 0. The maximum atomic E-state index is 13.1. The molecule has 0 spiro atoms. The molecule has 0 aliphatic heterocycles. The van der Waals surface area contributed by atoms with Crippen LogP contribution in [0.4, 0.5) is 4.39 Å². The topological polar surface area (TPSA) is 54.6 Å². The summed E-state index contributed by atoms with van der Waals surface area (Å²) in [7, 11) is 0. The molecule has 2 heterocycles. The van der Waals surface area contributed by atoms with Crippen LogP contribution in [0.2, 0.25) is 0 Å². The number of aliphatic carboxylic acids is 1. The van der Waals surface area contributed by atoms with Gasteiger partial charge < -0.3 is 9.51 Å². The summed E-state index contributed by atoms with van der Waals surface area (Å²) in [4.78, 5) is 14.2. The first-order valence-corrected chi connectivity index (χ1v) is 4.01. The molecule has 0 saturated carbocycles. The van der Waals surface area contributed by atoms with Crippen LogP contribution in [-0.4, -0.2) is 20.5 Å². The Morgan fingerprint density at radius 1 is 1.64 bits per heavy atom. The van der Waals surface area contributed by atoms with Crippen molar-refractivity contribution >= 4 is 11.6 Å². The average molecular weight is 194 g/mol. The van der Waals surface area contributed by atoms with Crippen molar-refractivity contribution in [1.29, 1.82) is 0 Å². The van der Waals surface area contributed by atoms with Crippen molar-refractivity contribution in [3.63, 3.8) is 0 Å². The van der Waals surface area contributed by atoms with Crippen LogP contribution in [0, 0.1) is 5.82 Å². The molecule has 0 amide bonds. The molecule has 0 radical (unpaired) electrons. The Bertz CT molecular complexity index is 493. The Labute approximate surface area is 78.6 Å². The van der Waals surface area contributed by atoms with Crippen LogP contribution in [0.15, 0.2) is 24.5 Å². The van der Waals surface area contributed by atoms with Crippen molar-refractivity contribution in [1.82, 2.24) is 9.38 Å². The molecule has 2 aromatic heterocycles. The number of halogens is 1. The predicted molar refractivity (Wildman–Crippen MR) is 46.5 cm³/mol. The zero-order valence-corrected chi connectivity index (χ0v) is 7.14. The van der Waals surface area contributed by atoms with Gasteiger partial charge in [-0.2, -0.15) is 0 Å². The quantitative estimate of drug-likeness (QED) is 0.778. The molecule has 0 aliphatic rings. The standard InChI is InChI=1S/C9H7FN2O2/c10-7-2-1-3-12-5-6(4-8(13)14)11-9(7)12/h1-3,5H,4H2,(H,13,14). The highest BCUT2D eigenvalue weighted by Gasteiger charge is 2.08. The van der Waals surface area contributed by atoms with E-state index in [1.54, 1.807) is 6.20 Å². The van der Waals surface area contributed by atoms with Crippen molar-refractivity contribution in [3.8, 4) is 0 Å². The van der Waals surface area contributed by atoms with E-state index in [0.717, 1.165) is 0 Å². The summed E-state index contributed by atoms with van der Waals surface area (Å²) in [5, 5.41) is 8.52. The molecule has 2 rings (SSSR count). The monoisotopic (exact) mass is 194 g/mol. The Hall–Kier alpha value is -1.91. The van der Waals surface area contributed by atoms with Gasteiger partial charge in [0.1, 0.15) is 0 Å². The number of pyridine rings is 1. The van der Waals surface area contributed by atoms with Gasteiger partial charge in [0.05, 0.1) is 12.1 Å². The highest BCUT2D eigenvalue weighted by atomic mass is 19.1. The van der Waals surface area contributed by atoms with E-state index in [9.17, 15) is 9.18 Å². The molecule has 0 aromatic carbocycles. The molecule has 14 heavy (non-hydrogen) atoms. The molecule has 0 fully saturated rings. The van der Waals surface area contributed by atoms with Gasteiger partial charge in [0, 0.05) is 12.4 Å². The second kappa shape index (κ2) is 3.10. The molecular formula is C9H7FN2O2. The zero-order valence-electron chi connectivity index (χ0n) is 7.14. The lowest BCUT2D eigenvalue weighted by Crippen LogP contribution is -1.99. The third-order valence-corrected chi connectivity index (χ3v) is 1.82. The van der Waals surface area contributed by atoms with Gasteiger partial charge >= 0.3 is 5.97 Å². The smallest absolute Gasteiger partial charge is 0.309 e. The third-order valence-electron chi connectivity index (χ3n) is 1.82. The number of aromatic nitrogens is 2. The van der Waals surface area contributed by atoms with E-state index in [1.165, 1.54) is 22.7 Å². The maximum Gasteiger partial charge on any atom is 0.309 e. The third kappa shape index (κ3) is 1.44. The molecular weight excluding hydrogens is 187 g/mol. The fraction of sp³-hybridized carbons (Fsp3) is 0.111. The fourth-order valence-corrected chi connectivity index (χ4v) is 1.27. The van der Waals surface area contributed by atoms with Crippen molar-refractivity contribution in [2.45, 2.75) is 6.42 Å². The lowest BCUT2D eigenvalue weighted by atomic mass is 10.3. The van der Waals surface area contributed by atoms with Gasteiger partial charge in [-0.05, 0) is 12.1 Å². The van der Waals surface area contributed by atoms with Crippen LogP contribution < -0.4 is 0 Å². The average Bonchev–Trinajstić information content (AvgIpc) is 2.47. The molecule has 5 heteroatoms. The van der Waals surface area contributed by atoms with Crippen molar-refractivity contribution in [3.05, 3.63) is 36.0 Å². The highest BCUT2D eigenvalue weighted by molar-refractivity contribution is 5.69. The largest absolute Gasteiger partial charge is 0.481 e. The van der Waals surface area contributed by atoms with Gasteiger partial charge in [0.25, 0.3) is 0 Å². The number of carbonyl (C=O) groups is 1. The summed E-state index contributed by atoms with van der Waals surface area (Å²) in [5.74, 6) is -1.43. The second-order valence-corrected chi connectivity index (χ2v) is 2.89. The fourth-order valence-electron chi connectivity index (χ4n) is 1.27. The lowest BCUT2D eigenvalue weighted by Gasteiger charge is -1.90. The molecule has 4 nitrogen and oxygen atoms in total. The van der Waals surface area contributed by atoms with Crippen molar-refractivity contribution < 1.29 is 14.3 Å². The number of carboxylic acid groups (broad SMARTS) is 1. The normalized spacial score (nSPS) is 10.6. The molecule has 0 saturated heterocycles. The Balaban J connectivity index is 2.51. The van der Waals surface area contributed by atoms with Gasteiger partial charge in [-0.15, -0.1) is 0 Å².